The molecule has 2 aromatic heterocycles. The molecule has 4 rings (SSSR count). The molecular weight excluding hydrogens is 985 g/mol. The fraction of sp³-hybridized carbons (Fsp3) is 0.304. The Morgan fingerprint density at radius 2 is 0.806 bits per heavy atom. The number of ketones is 2. The van der Waals surface area contributed by atoms with E-state index in [1.54, 1.807) is 59.9 Å². The number of aromatic nitrogens is 2. The summed E-state index contributed by atoms with van der Waals surface area (Å²) in [5.41, 5.74) is 1.39. The van der Waals surface area contributed by atoms with E-state index in [-0.39, 0.29) is 45.3 Å². The molecule has 72 heavy (non-hydrogen) atoms. The lowest BCUT2D eigenvalue weighted by atomic mass is 10.0. The minimum Gasteiger partial charge on any atom is -0.480 e. The van der Waals surface area contributed by atoms with Crippen molar-refractivity contribution in [2.75, 3.05) is 24.6 Å². The van der Waals surface area contributed by atoms with Crippen LogP contribution >= 0.6 is 21.6 Å². The Morgan fingerprint density at radius 1 is 0.472 bits per heavy atom. The van der Waals surface area contributed by atoms with E-state index in [0.717, 1.165) is 21.6 Å². The molecule has 0 saturated carbocycles. The monoisotopic (exact) mass is 1030 g/mol. The van der Waals surface area contributed by atoms with Gasteiger partial charge in [0, 0.05) is 73.1 Å². The molecule has 0 saturated heterocycles. The lowest BCUT2D eigenvalue weighted by molar-refractivity contribution is -0.140. The molecule has 24 nitrogen and oxygen atoms in total. The van der Waals surface area contributed by atoms with E-state index < -0.39 is 122 Å². The summed E-state index contributed by atoms with van der Waals surface area (Å²) in [4.78, 5) is 150. The van der Waals surface area contributed by atoms with Crippen molar-refractivity contribution in [1.29, 1.82) is 0 Å². The minimum absolute atomic E-state index is 0.0202. The van der Waals surface area contributed by atoms with Gasteiger partial charge in [0.2, 0.25) is 35.2 Å². The SMILES string of the molecule is Cn1cccc1C(=O)c1ccc(C(=O)N[C@@H](CCC(=O)N[C@@H](CSSC[C@H](NC(=O)CC[C@H](NC(=O)c2ccc(C(=O)c3cccn3C)cc2)C(=O)O)C(=O)NCC(=O)O)C(=O)NCC(=O)O)C(=O)O)cc1. The first kappa shape index (κ1) is 56.3. The van der Waals surface area contributed by atoms with Crippen LogP contribution in [-0.4, -0.2) is 149 Å². The predicted octanol–water partition coefficient (Wildman–Crippen LogP) is 0.205. The largest absolute Gasteiger partial charge is 0.480 e. The second kappa shape index (κ2) is 27.2. The second-order valence-corrected chi connectivity index (χ2v) is 18.2. The van der Waals surface area contributed by atoms with E-state index in [2.05, 4.69) is 31.9 Å². The third-order valence-electron chi connectivity index (χ3n) is 10.4. The first-order valence-corrected chi connectivity index (χ1v) is 24.1. The van der Waals surface area contributed by atoms with E-state index >= 15 is 0 Å². The molecule has 0 aliphatic rings. The zero-order chi connectivity index (χ0) is 53.1. The Balaban J connectivity index is 1.32. The Bertz CT molecular complexity index is 2500. The van der Waals surface area contributed by atoms with E-state index in [1.165, 1.54) is 48.5 Å². The third-order valence-corrected chi connectivity index (χ3v) is 12.8. The Labute approximate surface area is 417 Å². The second-order valence-electron chi connectivity index (χ2n) is 15.7. The molecule has 0 fully saturated rings. The maximum atomic E-state index is 13.1. The highest BCUT2D eigenvalue weighted by atomic mass is 33.1. The standard InChI is InChI=1S/C46H50N8O16S2/c1-53-19-3-5-33(53)39(61)25-7-11-27(12-8-25)41(63)51-29(45(67)68)15-17-35(55)49-31(43(65)47-21-37(57)58)23-71-72-24-32(44(66)48-22-38(59)60)50-36(56)18-16-30(46(69)70)52-42(64)28-13-9-26(10-14-28)40(62)34-6-4-20-54(34)2/h3-14,19-20,29-32H,15-18,21-24H2,1-2H3,(H,47,65)(H,48,66)(H,49,55)(H,50,56)(H,51,63)(H,52,64)(H,57,58)(H,59,60)(H,67,68)(H,69,70)/t29-,30-,31-,32-/m0/s1. The van der Waals surface area contributed by atoms with E-state index in [9.17, 15) is 67.7 Å². The van der Waals surface area contributed by atoms with Crippen LogP contribution in [0.5, 0.6) is 0 Å². The van der Waals surface area contributed by atoms with E-state index in [4.69, 9.17) is 10.2 Å². The van der Waals surface area contributed by atoms with Crippen molar-refractivity contribution in [1.82, 2.24) is 41.0 Å². The summed E-state index contributed by atoms with van der Waals surface area (Å²) in [7, 11) is 5.09. The van der Waals surface area contributed by atoms with Gasteiger partial charge in [-0.2, -0.15) is 0 Å². The number of hydrogen-bond acceptors (Lipinski definition) is 14. The Kier molecular flexibility index (Phi) is 21.3. The van der Waals surface area contributed by atoms with Crippen LogP contribution in [0.25, 0.3) is 0 Å². The predicted molar refractivity (Wildman–Crippen MR) is 257 cm³/mol. The molecule has 382 valence electrons. The van der Waals surface area contributed by atoms with Gasteiger partial charge in [-0.15, -0.1) is 0 Å². The number of carboxylic acids is 4. The number of hydrogen-bond donors (Lipinski definition) is 10. The topological polar surface area (TPSA) is 368 Å². The highest BCUT2D eigenvalue weighted by Crippen LogP contribution is 2.24. The lowest BCUT2D eigenvalue weighted by Crippen LogP contribution is -2.50. The number of aliphatic carboxylic acids is 4. The van der Waals surface area contributed by atoms with Gasteiger partial charge in [-0.25, -0.2) is 9.59 Å². The molecule has 10 N–H and O–H groups in total. The van der Waals surface area contributed by atoms with Crippen molar-refractivity contribution < 1.29 is 78.0 Å². The van der Waals surface area contributed by atoms with Crippen LogP contribution in [0.4, 0.5) is 0 Å². The first-order valence-electron chi connectivity index (χ1n) is 21.6. The van der Waals surface area contributed by atoms with Gasteiger partial charge in [0.25, 0.3) is 11.8 Å². The smallest absolute Gasteiger partial charge is 0.326 e. The molecular formula is C46H50N8O16S2. The number of carbonyl (C=O) groups excluding carboxylic acids is 8. The number of amides is 6. The molecule has 0 bridgehead atoms. The van der Waals surface area contributed by atoms with Crippen molar-refractivity contribution in [2.45, 2.75) is 49.9 Å². The van der Waals surface area contributed by atoms with Crippen LogP contribution in [0.2, 0.25) is 0 Å². The molecule has 0 aliphatic heterocycles. The average Bonchev–Trinajstić information content (AvgIpc) is 3.99. The van der Waals surface area contributed by atoms with Crippen molar-refractivity contribution in [2.24, 2.45) is 14.1 Å². The zero-order valence-electron chi connectivity index (χ0n) is 38.4. The molecule has 0 spiro atoms. The molecule has 6 amide bonds. The highest BCUT2D eigenvalue weighted by Gasteiger charge is 2.28. The molecule has 4 atom stereocenters. The van der Waals surface area contributed by atoms with Crippen LogP contribution in [0.15, 0.2) is 85.2 Å². The maximum Gasteiger partial charge on any atom is 0.326 e. The van der Waals surface area contributed by atoms with Crippen molar-refractivity contribution in [3.63, 3.8) is 0 Å². The van der Waals surface area contributed by atoms with Gasteiger partial charge in [-0.1, -0.05) is 45.9 Å². The molecule has 2 aromatic carbocycles. The number of nitrogens with one attached hydrogen (secondary N) is 6. The Morgan fingerprint density at radius 3 is 1.10 bits per heavy atom. The van der Waals surface area contributed by atoms with E-state index in [0.29, 0.717) is 11.4 Å². The van der Waals surface area contributed by atoms with Crippen LogP contribution in [0.3, 0.4) is 0 Å². The van der Waals surface area contributed by atoms with Gasteiger partial charge in [-0.05, 0) is 61.4 Å². The average molecular weight is 1040 g/mol. The molecule has 0 radical (unpaired) electrons. The van der Waals surface area contributed by atoms with Gasteiger partial charge >= 0.3 is 23.9 Å². The third kappa shape index (κ3) is 17.3. The molecule has 26 heteroatoms. The number of carbonyl (C=O) groups is 12. The molecule has 0 aliphatic carbocycles. The normalized spacial score (nSPS) is 12.4. The summed E-state index contributed by atoms with van der Waals surface area (Å²) in [5.74, 6) is -12.3. The number of benzene rings is 2. The summed E-state index contributed by atoms with van der Waals surface area (Å²) < 4.78 is 3.24. The zero-order valence-corrected chi connectivity index (χ0v) is 40.1. The summed E-state index contributed by atoms with van der Waals surface area (Å²) in [6.07, 6.45) is 1.37. The Hall–Kier alpha value is -8.26. The maximum absolute atomic E-state index is 13.1. The lowest BCUT2D eigenvalue weighted by Gasteiger charge is -2.20. The molecule has 0 unspecified atom stereocenters. The van der Waals surface area contributed by atoms with Crippen molar-refractivity contribution in [3.8, 4) is 0 Å². The number of nitrogens with zero attached hydrogens (tertiary/aromatic N) is 2. The number of carboxylic acid groups (broad SMARTS) is 4. The summed E-state index contributed by atoms with van der Waals surface area (Å²) in [6, 6.07) is 11.4. The quantitative estimate of drug-likeness (QED) is 0.0197. The summed E-state index contributed by atoms with van der Waals surface area (Å²) >= 11 is 0. The number of rotatable bonds is 29. The number of aryl methyl sites for hydroxylation is 2. The van der Waals surface area contributed by atoms with E-state index in [1.807, 2.05) is 0 Å². The molecule has 4 aromatic rings. The van der Waals surface area contributed by atoms with Gasteiger partial charge in [-0.3, -0.25) is 47.9 Å². The van der Waals surface area contributed by atoms with Gasteiger partial charge < -0.3 is 61.5 Å². The fourth-order valence-electron chi connectivity index (χ4n) is 6.49. The summed E-state index contributed by atoms with van der Waals surface area (Å²) in [5, 5.41) is 51.4. The van der Waals surface area contributed by atoms with Gasteiger partial charge in [0.05, 0.1) is 11.4 Å². The molecule has 2 heterocycles. The van der Waals surface area contributed by atoms with Gasteiger partial charge in [0.15, 0.2) is 0 Å². The minimum atomic E-state index is -1.59. The van der Waals surface area contributed by atoms with Crippen LogP contribution in [-0.2, 0) is 52.5 Å². The van der Waals surface area contributed by atoms with Crippen LogP contribution in [0, 0.1) is 0 Å². The highest BCUT2D eigenvalue weighted by molar-refractivity contribution is 8.76. The van der Waals surface area contributed by atoms with Crippen LogP contribution in [0.1, 0.15) is 78.5 Å². The summed E-state index contributed by atoms with van der Waals surface area (Å²) in [6.45, 7) is -1.68. The van der Waals surface area contributed by atoms with Crippen LogP contribution < -0.4 is 31.9 Å². The first-order chi connectivity index (χ1) is 34.1. The van der Waals surface area contributed by atoms with Crippen molar-refractivity contribution in [3.05, 3.63) is 119 Å². The van der Waals surface area contributed by atoms with Crippen molar-refractivity contribution >= 4 is 92.5 Å². The fourth-order valence-corrected chi connectivity index (χ4v) is 8.82. The van der Waals surface area contributed by atoms with Gasteiger partial charge in [0.1, 0.15) is 37.3 Å².